The van der Waals surface area contributed by atoms with Crippen LogP contribution in [0.5, 0.6) is 5.75 Å². The first kappa shape index (κ1) is 32.4. The van der Waals surface area contributed by atoms with Gasteiger partial charge in [0.15, 0.2) is 18.3 Å². The first-order chi connectivity index (χ1) is 23.7. The number of para-hydroxylation sites is 1. The molecule has 3 amide bonds. The SMILES string of the molecule is CSc1ccccc1-c1nnc2n1CCN(C(=O)COc1ccc(NC(=O)Nc3cc(C(C)(C)C)nn3-c3ccccc3)c3c1CCC3)C2. The molecule has 2 aromatic heterocycles. The number of hydrogen-bond donors (Lipinski definition) is 2. The molecule has 0 spiro atoms. The molecule has 1 aliphatic heterocycles. The third kappa shape index (κ3) is 6.65. The van der Waals surface area contributed by atoms with Crippen LogP contribution in [0.15, 0.2) is 77.7 Å². The zero-order chi connectivity index (χ0) is 34.1. The fourth-order valence-corrected chi connectivity index (χ4v) is 7.02. The number of fused-ring (bicyclic) bond motifs is 2. The zero-order valence-corrected chi connectivity index (χ0v) is 29.0. The number of hydrogen-bond acceptors (Lipinski definition) is 7. The van der Waals surface area contributed by atoms with E-state index >= 15 is 0 Å². The van der Waals surface area contributed by atoms with E-state index in [0.29, 0.717) is 31.2 Å². The minimum Gasteiger partial charge on any atom is -0.483 e. The van der Waals surface area contributed by atoms with E-state index in [0.717, 1.165) is 69.6 Å². The Bertz CT molecular complexity index is 2010. The van der Waals surface area contributed by atoms with Gasteiger partial charge in [-0.2, -0.15) is 5.10 Å². The molecule has 0 bridgehead atoms. The maximum absolute atomic E-state index is 13.3. The summed E-state index contributed by atoms with van der Waals surface area (Å²) in [5.74, 6) is 2.76. The average Bonchev–Trinajstić information content (AvgIpc) is 3.87. The number of nitrogens with one attached hydrogen (secondary N) is 2. The van der Waals surface area contributed by atoms with Gasteiger partial charge >= 0.3 is 6.03 Å². The highest BCUT2D eigenvalue weighted by atomic mass is 32.2. The zero-order valence-electron chi connectivity index (χ0n) is 28.2. The van der Waals surface area contributed by atoms with E-state index in [9.17, 15) is 9.59 Å². The van der Waals surface area contributed by atoms with Crippen LogP contribution in [0.4, 0.5) is 16.3 Å². The highest BCUT2D eigenvalue weighted by Crippen LogP contribution is 2.37. The smallest absolute Gasteiger partial charge is 0.324 e. The van der Waals surface area contributed by atoms with E-state index in [-0.39, 0.29) is 24.0 Å². The topological polar surface area (TPSA) is 119 Å². The summed E-state index contributed by atoms with van der Waals surface area (Å²) in [6, 6.07) is 23.2. The molecule has 5 aromatic rings. The Morgan fingerprint density at radius 1 is 0.918 bits per heavy atom. The summed E-state index contributed by atoms with van der Waals surface area (Å²) in [6.07, 6.45) is 4.63. The van der Waals surface area contributed by atoms with Gasteiger partial charge < -0.3 is 19.5 Å². The summed E-state index contributed by atoms with van der Waals surface area (Å²) in [7, 11) is 0. The van der Waals surface area contributed by atoms with Crippen molar-refractivity contribution in [2.45, 2.75) is 63.4 Å². The van der Waals surface area contributed by atoms with Crippen LogP contribution in [0.3, 0.4) is 0 Å². The molecule has 12 heteroatoms. The van der Waals surface area contributed by atoms with Crippen molar-refractivity contribution in [1.82, 2.24) is 29.4 Å². The van der Waals surface area contributed by atoms with Crippen molar-refractivity contribution in [2.75, 3.05) is 30.0 Å². The van der Waals surface area contributed by atoms with Crippen molar-refractivity contribution in [3.8, 4) is 22.8 Å². The predicted molar refractivity (Wildman–Crippen MR) is 192 cm³/mol. The number of thioether (sulfide) groups is 1. The van der Waals surface area contributed by atoms with E-state index in [4.69, 9.17) is 9.84 Å². The summed E-state index contributed by atoms with van der Waals surface area (Å²) in [5.41, 5.74) is 5.40. The normalized spacial score (nSPS) is 13.9. The van der Waals surface area contributed by atoms with Crippen LogP contribution in [0.1, 0.15) is 49.8 Å². The lowest BCUT2D eigenvalue weighted by molar-refractivity contribution is -0.134. The van der Waals surface area contributed by atoms with Crippen molar-refractivity contribution in [1.29, 1.82) is 0 Å². The second-order valence-electron chi connectivity index (χ2n) is 13.3. The van der Waals surface area contributed by atoms with Gasteiger partial charge in [0.1, 0.15) is 11.6 Å². The second-order valence-corrected chi connectivity index (χ2v) is 14.2. The monoisotopic (exact) mass is 676 g/mol. The Kier molecular flexibility index (Phi) is 8.89. The molecule has 7 rings (SSSR count). The van der Waals surface area contributed by atoms with Gasteiger partial charge in [-0.3, -0.25) is 10.1 Å². The number of rotatable bonds is 8. The molecule has 3 aromatic carbocycles. The van der Waals surface area contributed by atoms with Gasteiger partial charge in [-0.05, 0) is 67.0 Å². The fourth-order valence-electron chi connectivity index (χ4n) is 6.43. The van der Waals surface area contributed by atoms with Crippen molar-refractivity contribution >= 4 is 35.2 Å². The van der Waals surface area contributed by atoms with Gasteiger partial charge in [0.25, 0.3) is 5.91 Å². The lowest BCUT2D eigenvalue weighted by Crippen LogP contribution is -2.41. The molecule has 0 radical (unpaired) electrons. The maximum Gasteiger partial charge on any atom is 0.324 e. The van der Waals surface area contributed by atoms with Crippen LogP contribution in [-0.2, 0) is 36.1 Å². The molecule has 2 aliphatic rings. The second kappa shape index (κ2) is 13.4. The van der Waals surface area contributed by atoms with Gasteiger partial charge in [0, 0.05) is 40.7 Å². The van der Waals surface area contributed by atoms with Crippen molar-refractivity contribution < 1.29 is 14.3 Å². The van der Waals surface area contributed by atoms with E-state index in [2.05, 4.69) is 64.6 Å². The molecule has 2 N–H and O–H groups in total. The van der Waals surface area contributed by atoms with Crippen LogP contribution in [0.2, 0.25) is 0 Å². The van der Waals surface area contributed by atoms with Gasteiger partial charge in [0.05, 0.1) is 17.9 Å². The largest absolute Gasteiger partial charge is 0.483 e. The number of anilines is 2. The fraction of sp³-hybridized carbons (Fsp3) is 0.324. The Morgan fingerprint density at radius 3 is 2.49 bits per heavy atom. The van der Waals surface area contributed by atoms with Crippen molar-refractivity contribution in [3.05, 3.63) is 95.4 Å². The molecule has 252 valence electrons. The molecule has 49 heavy (non-hydrogen) atoms. The third-order valence-corrected chi connectivity index (χ3v) is 9.81. The van der Waals surface area contributed by atoms with E-state index in [1.807, 2.05) is 60.7 Å². The average molecular weight is 677 g/mol. The van der Waals surface area contributed by atoms with Crippen LogP contribution < -0.4 is 15.4 Å². The van der Waals surface area contributed by atoms with Gasteiger partial charge in [-0.25, -0.2) is 9.48 Å². The quantitative estimate of drug-likeness (QED) is 0.176. The highest BCUT2D eigenvalue weighted by Gasteiger charge is 2.28. The van der Waals surface area contributed by atoms with Gasteiger partial charge in [-0.15, -0.1) is 22.0 Å². The number of carbonyl (C=O) groups excluding carboxylic acids is 2. The minimum atomic E-state index is -0.353. The van der Waals surface area contributed by atoms with Crippen LogP contribution in [0, 0.1) is 0 Å². The van der Waals surface area contributed by atoms with Gasteiger partial charge in [-0.1, -0.05) is 57.2 Å². The minimum absolute atomic E-state index is 0.0738. The molecule has 0 fully saturated rings. The van der Waals surface area contributed by atoms with E-state index in [1.165, 1.54) is 0 Å². The number of urea groups is 1. The van der Waals surface area contributed by atoms with Crippen LogP contribution in [0.25, 0.3) is 17.1 Å². The molecular formula is C37H40N8O3S. The number of nitrogens with zero attached hydrogens (tertiary/aromatic N) is 6. The lowest BCUT2D eigenvalue weighted by Gasteiger charge is -2.28. The molecule has 3 heterocycles. The molecule has 0 unspecified atom stereocenters. The number of aromatic nitrogens is 5. The highest BCUT2D eigenvalue weighted by molar-refractivity contribution is 7.98. The standard InChI is InChI=1S/C37H40N8O3S/c1-37(2,3)31-21-32(45(42-31)24-11-6-5-7-12-24)39-36(47)38-28-17-18-29(26-15-10-14-25(26)28)48-23-34(46)43-19-20-44-33(22-43)40-41-35(44)27-13-8-9-16-30(27)49-4/h5-9,11-13,16-18,21H,10,14-15,19-20,22-23H2,1-4H3,(H2,38,39,47). The maximum atomic E-state index is 13.3. The van der Waals surface area contributed by atoms with Crippen molar-refractivity contribution in [3.63, 3.8) is 0 Å². The number of ether oxygens (including phenoxy) is 1. The van der Waals surface area contributed by atoms with E-state index in [1.54, 1.807) is 21.3 Å². The number of amides is 3. The van der Waals surface area contributed by atoms with Gasteiger partial charge in [0.2, 0.25) is 0 Å². The molecule has 0 saturated heterocycles. The number of carbonyl (C=O) groups is 2. The van der Waals surface area contributed by atoms with Crippen molar-refractivity contribution in [2.24, 2.45) is 0 Å². The molecule has 11 nitrogen and oxygen atoms in total. The predicted octanol–water partition coefficient (Wildman–Crippen LogP) is 6.70. The van der Waals surface area contributed by atoms with Crippen LogP contribution in [-0.4, -0.2) is 60.8 Å². The summed E-state index contributed by atoms with van der Waals surface area (Å²) in [6.45, 7) is 7.76. The van der Waals surface area contributed by atoms with Crippen LogP contribution >= 0.6 is 11.8 Å². The third-order valence-electron chi connectivity index (χ3n) is 9.02. The Morgan fingerprint density at radius 2 is 1.69 bits per heavy atom. The molecular weight excluding hydrogens is 637 g/mol. The number of benzene rings is 3. The Balaban J connectivity index is 1.01. The first-order valence-electron chi connectivity index (χ1n) is 16.5. The Labute approximate surface area is 290 Å². The summed E-state index contributed by atoms with van der Waals surface area (Å²) in [5, 5.41) is 19.8. The van der Waals surface area contributed by atoms with E-state index < -0.39 is 0 Å². The lowest BCUT2D eigenvalue weighted by atomic mass is 9.92. The molecule has 1 aliphatic carbocycles. The summed E-state index contributed by atoms with van der Waals surface area (Å²) in [4.78, 5) is 29.6. The Hall–Kier alpha value is -5.10. The molecule has 0 atom stereocenters. The first-order valence-corrected chi connectivity index (χ1v) is 17.8. The summed E-state index contributed by atoms with van der Waals surface area (Å²) < 4.78 is 10.00. The molecule has 0 saturated carbocycles. The summed E-state index contributed by atoms with van der Waals surface area (Å²) >= 11 is 1.68.